The quantitative estimate of drug-likeness (QED) is 0.195. The van der Waals surface area contributed by atoms with Crippen LogP contribution in [0.15, 0.2) is 180 Å². The van der Waals surface area contributed by atoms with Crippen molar-refractivity contribution in [2.24, 2.45) is 0 Å². The van der Waals surface area contributed by atoms with Crippen LogP contribution in [-0.2, 0) is 5.41 Å². The lowest BCUT2D eigenvalue weighted by Crippen LogP contribution is -2.26. The summed E-state index contributed by atoms with van der Waals surface area (Å²) in [4.78, 5) is 2.44. The molecule has 0 aliphatic heterocycles. The first-order chi connectivity index (χ1) is 24.3. The maximum absolute atomic E-state index is 6.44. The van der Waals surface area contributed by atoms with E-state index >= 15 is 0 Å². The van der Waals surface area contributed by atoms with Gasteiger partial charge in [-0.15, -0.1) is 0 Å². The standard InChI is InChI=1S/C47H29NO/c1-2-14-31(15-3-1)48(32-26-28-43-37(29-32)45-33-16-5-4-13-30(33)25-27-44(45)49-43)42-24-12-23-41-46(42)36-19-8-11-22-40(36)47(41)38-20-9-6-17-34(38)35-18-7-10-21-39(35)47/h1-29H. The topological polar surface area (TPSA) is 16.4 Å². The van der Waals surface area contributed by atoms with Crippen molar-refractivity contribution in [1.82, 2.24) is 0 Å². The zero-order valence-electron chi connectivity index (χ0n) is 26.6. The predicted molar refractivity (Wildman–Crippen MR) is 202 cm³/mol. The minimum Gasteiger partial charge on any atom is -0.456 e. The lowest BCUT2D eigenvalue weighted by molar-refractivity contribution is 0.669. The maximum atomic E-state index is 6.44. The summed E-state index contributed by atoms with van der Waals surface area (Å²) >= 11 is 0. The van der Waals surface area contributed by atoms with Crippen molar-refractivity contribution in [3.8, 4) is 22.3 Å². The van der Waals surface area contributed by atoms with Crippen molar-refractivity contribution in [3.05, 3.63) is 198 Å². The second-order valence-electron chi connectivity index (χ2n) is 13.2. The Morgan fingerprint density at radius 3 is 1.80 bits per heavy atom. The fourth-order valence-electron chi connectivity index (χ4n) is 8.99. The first-order valence-corrected chi connectivity index (χ1v) is 16.9. The van der Waals surface area contributed by atoms with Crippen molar-refractivity contribution in [2.75, 3.05) is 4.90 Å². The minimum absolute atomic E-state index is 0.402. The molecule has 2 nitrogen and oxygen atoms in total. The Hall–Kier alpha value is -6.38. The molecular weight excluding hydrogens is 595 g/mol. The van der Waals surface area contributed by atoms with Gasteiger partial charge in [-0.25, -0.2) is 0 Å². The molecule has 2 heteroatoms. The Labute approximate surface area is 284 Å². The molecule has 0 unspecified atom stereocenters. The van der Waals surface area contributed by atoms with E-state index in [0.29, 0.717) is 0 Å². The third kappa shape index (κ3) is 3.45. The Morgan fingerprint density at radius 2 is 1.02 bits per heavy atom. The van der Waals surface area contributed by atoms with E-state index in [1.807, 2.05) is 0 Å². The number of hydrogen-bond donors (Lipinski definition) is 0. The molecule has 0 saturated carbocycles. The molecule has 1 aromatic heterocycles. The molecule has 0 bridgehead atoms. The smallest absolute Gasteiger partial charge is 0.136 e. The fourth-order valence-corrected chi connectivity index (χ4v) is 8.99. The average molecular weight is 624 g/mol. The van der Waals surface area contributed by atoms with Gasteiger partial charge < -0.3 is 9.32 Å². The number of fused-ring (bicyclic) bond motifs is 15. The van der Waals surface area contributed by atoms with E-state index in [-0.39, 0.29) is 0 Å². The van der Waals surface area contributed by atoms with E-state index in [9.17, 15) is 0 Å². The average Bonchev–Trinajstić information content (AvgIpc) is 3.80. The van der Waals surface area contributed by atoms with Crippen molar-refractivity contribution in [2.45, 2.75) is 5.41 Å². The highest BCUT2D eigenvalue weighted by atomic mass is 16.3. The van der Waals surface area contributed by atoms with E-state index in [2.05, 4.69) is 181 Å². The second-order valence-corrected chi connectivity index (χ2v) is 13.2. The first kappa shape index (κ1) is 26.7. The number of furan rings is 1. The van der Waals surface area contributed by atoms with Crippen molar-refractivity contribution in [1.29, 1.82) is 0 Å². The van der Waals surface area contributed by atoms with Crippen LogP contribution in [0.3, 0.4) is 0 Å². The number of anilines is 3. The molecule has 11 rings (SSSR count). The van der Waals surface area contributed by atoms with E-state index in [4.69, 9.17) is 4.42 Å². The number of nitrogens with zero attached hydrogens (tertiary/aromatic N) is 1. The van der Waals surface area contributed by atoms with Gasteiger partial charge in [0.15, 0.2) is 0 Å². The van der Waals surface area contributed by atoms with Crippen LogP contribution < -0.4 is 4.90 Å². The molecule has 228 valence electrons. The monoisotopic (exact) mass is 623 g/mol. The molecule has 1 spiro atoms. The van der Waals surface area contributed by atoms with E-state index in [1.165, 1.54) is 55.3 Å². The SMILES string of the molecule is c1ccc(N(c2ccc3oc4ccc5ccccc5c4c3c2)c2cccc3c2-c2ccccc2C32c3ccccc3-c3ccccc32)cc1. The first-order valence-electron chi connectivity index (χ1n) is 16.9. The molecule has 2 aliphatic rings. The minimum atomic E-state index is -0.402. The summed E-state index contributed by atoms with van der Waals surface area (Å²) in [6.07, 6.45) is 0. The maximum Gasteiger partial charge on any atom is 0.136 e. The van der Waals surface area contributed by atoms with Gasteiger partial charge in [0.25, 0.3) is 0 Å². The molecule has 8 aromatic carbocycles. The van der Waals surface area contributed by atoms with Gasteiger partial charge in [0, 0.05) is 27.7 Å². The number of hydrogen-bond acceptors (Lipinski definition) is 2. The van der Waals surface area contributed by atoms with Crippen molar-refractivity contribution in [3.63, 3.8) is 0 Å². The largest absolute Gasteiger partial charge is 0.456 e. The highest BCUT2D eigenvalue weighted by Gasteiger charge is 2.52. The zero-order chi connectivity index (χ0) is 32.1. The molecule has 0 radical (unpaired) electrons. The number of para-hydroxylation sites is 1. The van der Waals surface area contributed by atoms with Crippen molar-refractivity contribution < 1.29 is 4.42 Å². The molecule has 0 amide bonds. The van der Waals surface area contributed by atoms with Crippen LogP contribution in [0.4, 0.5) is 17.1 Å². The number of benzene rings is 8. The molecule has 0 fully saturated rings. The van der Waals surface area contributed by atoms with Crippen LogP contribution >= 0.6 is 0 Å². The van der Waals surface area contributed by atoms with Crippen LogP contribution in [0.2, 0.25) is 0 Å². The number of rotatable bonds is 3. The van der Waals surface area contributed by atoms with Gasteiger partial charge in [-0.2, -0.15) is 0 Å². The summed E-state index contributed by atoms with van der Waals surface area (Å²) in [5, 5.41) is 4.69. The molecule has 0 atom stereocenters. The Bertz CT molecular complexity index is 2740. The van der Waals surface area contributed by atoms with Crippen LogP contribution in [0.25, 0.3) is 55.0 Å². The molecule has 1 heterocycles. The highest BCUT2D eigenvalue weighted by Crippen LogP contribution is 2.64. The molecule has 0 saturated heterocycles. The molecule has 0 N–H and O–H groups in total. The van der Waals surface area contributed by atoms with Gasteiger partial charge in [0.05, 0.1) is 11.1 Å². The zero-order valence-corrected chi connectivity index (χ0v) is 26.6. The lowest BCUT2D eigenvalue weighted by Gasteiger charge is -2.31. The Balaban J connectivity index is 1.23. The van der Waals surface area contributed by atoms with E-state index < -0.39 is 5.41 Å². The summed E-state index contributed by atoms with van der Waals surface area (Å²) in [6, 6.07) is 64.2. The normalized spacial score (nSPS) is 13.5. The highest BCUT2D eigenvalue weighted by molar-refractivity contribution is 6.19. The van der Waals surface area contributed by atoms with Crippen molar-refractivity contribution >= 4 is 49.8 Å². The van der Waals surface area contributed by atoms with Crippen LogP contribution in [-0.4, -0.2) is 0 Å². The third-order valence-electron chi connectivity index (χ3n) is 10.9. The van der Waals surface area contributed by atoms with E-state index in [1.54, 1.807) is 0 Å². The third-order valence-corrected chi connectivity index (χ3v) is 10.9. The lowest BCUT2D eigenvalue weighted by atomic mass is 9.70. The summed E-state index contributed by atoms with van der Waals surface area (Å²) in [6.45, 7) is 0. The van der Waals surface area contributed by atoms with Crippen LogP contribution in [0, 0.1) is 0 Å². The van der Waals surface area contributed by atoms with Gasteiger partial charge >= 0.3 is 0 Å². The Kier molecular flexibility index (Phi) is 5.34. The van der Waals surface area contributed by atoms with Crippen LogP contribution in [0.1, 0.15) is 22.3 Å². The summed E-state index contributed by atoms with van der Waals surface area (Å²) in [5.41, 5.74) is 15.3. The molecule has 9 aromatic rings. The van der Waals surface area contributed by atoms with Gasteiger partial charge in [-0.1, -0.05) is 133 Å². The molecule has 2 aliphatic carbocycles. The summed E-state index contributed by atoms with van der Waals surface area (Å²) in [5.74, 6) is 0. The fraction of sp³-hybridized carbons (Fsp3) is 0.0213. The summed E-state index contributed by atoms with van der Waals surface area (Å²) < 4.78 is 6.44. The predicted octanol–water partition coefficient (Wildman–Crippen LogP) is 12.6. The second kappa shape index (κ2) is 9.82. The van der Waals surface area contributed by atoms with Gasteiger partial charge in [-0.3, -0.25) is 0 Å². The molecule has 49 heavy (non-hydrogen) atoms. The summed E-state index contributed by atoms with van der Waals surface area (Å²) in [7, 11) is 0. The van der Waals surface area contributed by atoms with Crippen LogP contribution in [0.5, 0.6) is 0 Å². The molecular formula is C47H29NO. The van der Waals surface area contributed by atoms with E-state index in [0.717, 1.165) is 39.0 Å². The Morgan fingerprint density at radius 1 is 0.408 bits per heavy atom. The van der Waals surface area contributed by atoms with Gasteiger partial charge in [0.1, 0.15) is 11.2 Å². The van der Waals surface area contributed by atoms with Gasteiger partial charge in [0.2, 0.25) is 0 Å². The van der Waals surface area contributed by atoms with Gasteiger partial charge in [-0.05, 0) is 92.2 Å².